The lowest BCUT2D eigenvalue weighted by Gasteiger charge is -1.90. The van der Waals surface area contributed by atoms with Crippen molar-refractivity contribution < 1.29 is 13.0 Å². The Morgan fingerprint density at radius 3 is 1.82 bits per heavy atom. The third-order valence-electron chi connectivity index (χ3n) is 0.606. The number of hydrogen-bond acceptors (Lipinski definition) is 4. The van der Waals surface area contributed by atoms with Gasteiger partial charge in [-0.2, -0.15) is 8.42 Å². The average molecular weight is 184 g/mol. The maximum Gasteiger partial charge on any atom is 0.264 e. The summed E-state index contributed by atoms with van der Waals surface area (Å²) in [5.74, 6) is -0.233. The second-order valence-corrected chi connectivity index (χ2v) is 3.41. The smallest absolute Gasteiger partial charge is 0.264 e. The Bertz CT molecular complexity index is 155. The molecule has 0 aromatic carbocycles. The van der Waals surface area contributed by atoms with E-state index in [4.69, 9.17) is 16.0 Å². The Balaban J connectivity index is 0. The van der Waals surface area contributed by atoms with E-state index in [-0.39, 0.29) is 5.75 Å². The predicted molar refractivity (Wildman–Crippen MR) is 44.8 cm³/mol. The summed E-state index contributed by atoms with van der Waals surface area (Å²) < 4.78 is 27.8. The first kappa shape index (κ1) is 13.4. The van der Waals surface area contributed by atoms with Gasteiger partial charge in [0.1, 0.15) is 0 Å². The Labute approximate surface area is 67.5 Å². The summed E-state index contributed by atoms with van der Waals surface area (Å²) in [4.78, 5) is 0. The van der Waals surface area contributed by atoms with Crippen LogP contribution in [0.5, 0.6) is 0 Å². The zero-order chi connectivity index (χ0) is 9.33. The minimum absolute atomic E-state index is 0.233. The van der Waals surface area contributed by atoms with Crippen molar-refractivity contribution in [3.05, 3.63) is 0 Å². The molecule has 0 aliphatic rings. The third-order valence-corrected chi connectivity index (χ3v) is 1.41. The number of rotatable bonds is 3. The lowest BCUT2D eigenvalue weighted by molar-refractivity contribution is 0.481. The normalized spacial score (nSPS) is 10.2. The fourth-order valence-electron chi connectivity index (χ4n) is 0.266. The van der Waals surface area contributed by atoms with Gasteiger partial charge in [-0.15, -0.1) is 0 Å². The van der Waals surface area contributed by atoms with E-state index in [1.165, 1.54) is 0 Å². The summed E-state index contributed by atoms with van der Waals surface area (Å²) in [5.41, 5.74) is 9.81. The van der Waals surface area contributed by atoms with Crippen molar-refractivity contribution in [1.29, 1.82) is 0 Å². The Kier molecular flexibility index (Phi) is 9.68. The van der Waals surface area contributed by atoms with Gasteiger partial charge in [0.2, 0.25) is 0 Å². The molecule has 0 aliphatic carbocycles. The van der Waals surface area contributed by atoms with Crippen LogP contribution in [0.3, 0.4) is 0 Å². The van der Waals surface area contributed by atoms with Crippen LogP contribution in [0.2, 0.25) is 0 Å². The molecule has 0 atom stereocenters. The van der Waals surface area contributed by atoms with Crippen LogP contribution in [0.1, 0.15) is 13.3 Å². The molecule has 70 valence electrons. The monoisotopic (exact) mass is 184 g/mol. The number of hydrogen-bond donors (Lipinski definition) is 3. The lowest BCUT2D eigenvalue weighted by atomic mass is 10.5. The minimum atomic E-state index is -3.77. The highest BCUT2D eigenvalue weighted by atomic mass is 32.2. The zero-order valence-electron chi connectivity index (χ0n) is 6.66. The van der Waals surface area contributed by atoms with Gasteiger partial charge in [0, 0.05) is 0 Å². The van der Waals surface area contributed by atoms with E-state index in [9.17, 15) is 8.42 Å². The molecule has 0 fully saturated rings. The first-order chi connectivity index (χ1) is 4.97. The van der Waals surface area contributed by atoms with E-state index in [2.05, 4.69) is 0 Å². The van der Waals surface area contributed by atoms with E-state index >= 15 is 0 Å². The van der Waals surface area contributed by atoms with E-state index in [1.807, 2.05) is 6.92 Å². The topological polar surface area (TPSA) is 106 Å². The van der Waals surface area contributed by atoms with Crippen LogP contribution in [-0.4, -0.2) is 31.8 Å². The highest BCUT2D eigenvalue weighted by molar-refractivity contribution is 7.85. The maximum atomic E-state index is 9.89. The molecule has 0 aromatic heterocycles. The maximum absolute atomic E-state index is 9.89. The van der Waals surface area contributed by atoms with Gasteiger partial charge < -0.3 is 11.5 Å². The second kappa shape index (κ2) is 7.93. The van der Waals surface area contributed by atoms with Crippen LogP contribution in [0.4, 0.5) is 0 Å². The van der Waals surface area contributed by atoms with Crippen LogP contribution in [0.25, 0.3) is 0 Å². The first-order valence-electron chi connectivity index (χ1n) is 3.33. The van der Waals surface area contributed by atoms with E-state index in [1.54, 1.807) is 0 Å². The molecule has 0 amide bonds. The molecule has 0 unspecified atom stereocenters. The zero-order valence-corrected chi connectivity index (χ0v) is 7.47. The van der Waals surface area contributed by atoms with Crippen molar-refractivity contribution in [2.24, 2.45) is 11.5 Å². The molecule has 0 aliphatic heterocycles. The molecule has 5 nitrogen and oxygen atoms in total. The summed E-state index contributed by atoms with van der Waals surface area (Å²) in [6.07, 6.45) is 0.318. The summed E-state index contributed by atoms with van der Waals surface area (Å²) in [7, 11) is -3.77. The Hall–Kier alpha value is -0.170. The van der Waals surface area contributed by atoms with Crippen molar-refractivity contribution in [3.63, 3.8) is 0 Å². The van der Waals surface area contributed by atoms with Crippen LogP contribution >= 0.6 is 0 Å². The molecule has 0 aromatic rings. The van der Waals surface area contributed by atoms with Crippen LogP contribution in [0, 0.1) is 0 Å². The fraction of sp³-hybridized carbons (Fsp3) is 1.00. The van der Waals surface area contributed by atoms with Crippen molar-refractivity contribution in [2.75, 3.05) is 18.8 Å². The van der Waals surface area contributed by atoms with Gasteiger partial charge in [-0.05, 0) is 19.5 Å². The van der Waals surface area contributed by atoms with Gasteiger partial charge in [0.15, 0.2) is 0 Å². The summed E-state index contributed by atoms with van der Waals surface area (Å²) >= 11 is 0. The Morgan fingerprint density at radius 1 is 1.36 bits per heavy atom. The molecule has 0 radical (unpaired) electrons. The highest BCUT2D eigenvalue weighted by Crippen LogP contribution is 1.83. The van der Waals surface area contributed by atoms with Crippen molar-refractivity contribution in [2.45, 2.75) is 13.3 Å². The molecule has 0 bridgehead atoms. The SMILES string of the molecule is CCN.NCCCS(=O)(=O)O. The average Bonchev–Trinajstić information content (AvgIpc) is 1.84. The van der Waals surface area contributed by atoms with E-state index < -0.39 is 10.1 Å². The number of nitrogens with two attached hydrogens (primary N) is 2. The van der Waals surface area contributed by atoms with Gasteiger partial charge in [-0.25, -0.2) is 0 Å². The molecule has 11 heavy (non-hydrogen) atoms. The van der Waals surface area contributed by atoms with Crippen molar-refractivity contribution in [1.82, 2.24) is 0 Å². The summed E-state index contributed by atoms with van der Waals surface area (Å²) in [5, 5.41) is 0. The summed E-state index contributed by atoms with van der Waals surface area (Å²) in [6, 6.07) is 0. The molecule has 0 rings (SSSR count). The van der Waals surface area contributed by atoms with Crippen LogP contribution < -0.4 is 11.5 Å². The van der Waals surface area contributed by atoms with Gasteiger partial charge in [-0.3, -0.25) is 4.55 Å². The Morgan fingerprint density at radius 2 is 1.73 bits per heavy atom. The first-order valence-corrected chi connectivity index (χ1v) is 4.94. The summed E-state index contributed by atoms with van der Waals surface area (Å²) in [6.45, 7) is 2.94. The van der Waals surface area contributed by atoms with Gasteiger partial charge in [0.25, 0.3) is 10.1 Å². The van der Waals surface area contributed by atoms with Crippen LogP contribution in [-0.2, 0) is 10.1 Å². The highest BCUT2D eigenvalue weighted by Gasteiger charge is 2.00. The second-order valence-electron chi connectivity index (χ2n) is 1.84. The predicted octanol–water partition coefficient (Wildman–Crippen LogP) is -0.812. The fourth-order valence-corrected chi connectivity index (χ4v) is 0.797. The lowest BCUT2D eigenvalue weighted by Crippen LogP contribution is -2.09. The van der Waals surface area contributed by atoms with Gasteiger partial charge in [0.05, 0.1) is 5.75 Å². The molecule has 0 saturated heterocycles. The standard InChI is InChI=1S/C3H9NO3S.C2H7N/c4-2-1-3-8(5,6)7;1-2-3/h1-4H2,(H,5,6,7);2-3H2,1H3. The third kappa shape index (κ3) is 25.8. The van der Waals surface area contributed by atoms with Crippen LogP contribution in [0.15, 0.2) is 0 Å². The molecule has 5 N–H and O–H groups in total. The minimum Gasteiger partial charge on any atom is -0.331 e. The molecular formula is C5H16N2O3S. The molecule has 6 heteroatoms. The van der Waals surface area contributed by atoms with Gasteiger partial charge >= 0.3 is 0 Å². The molecule has 0 spiro atoms. The van der Waals surface area contributed by atoms with Crippen molar-refractivity contribution >= 4 is 10.1 Å². The van der Waals surface area contributed by atoms with E-state index in [0.29, 0.717) is 13.0 Å². The van der Waals surface area contributed by atoms with E-state index in [0.717, 1.165) is 6.54 Å². The van der Waals surface area contributed by atoms with Crippen molar-refractivity contribution in [3.8, 4) is 0 Å². The molecule has 0 saturated carbocycles. The van der Waals surface area contributed by atoms with Gasteiger partial charge in [-0.1, -0.05) is 6.92 Å². The molecule has 0 heterocycles. The quantitative estimate of drug-likeness (QED) is 0.497. The largest absolute Gasteiger partial charge is 0.331 e. The molecular weight excluding hydrogens is 168 g/mol.